The molecule has 0 nitrogen and oxygen atoms in total. The molecule has 104 valence electrons. The van der Waals surface area contributed by atoms with Gasteiger partial charge in [0.1, 0.15) is 0 Å². The largest absolute Gasteiger partial charge is 0.0651 e. The Morgan fingerprint density at radius 3 is 2.22 bits per heavy atom. The lowest BCUT2D eigenvalue weighted by Crippen LogP contribution is -2.40. The molecular weight excluding hydrogens is 216 g/mol. The number of rotatable bonds is 2. The van der Waals surface area contributed by atoms with Crippen LogP contribution in [0.3, 0.4) is 0 Å². The Labute approximate surface area is 114 Å². The predicted molar refractivity (Wildman–Crippen MR) is 78.5 cm³/mol. The highest BCUT2D eigenvalue weighted by molar-refractivity contribution is 4.93. The van der Waals surface area contributed by atoms with E-state index in [1.54, 1.807) is 32.1 Å². The third-order valence-corrected chi connectivity index (χ3v) is 6.89. The lowest BCUT2D eigenvalue weighted by molar-refractivity contribution is 0.0156. The quantitative estimate of drug-likeness (QED) is 0.591. The van der Waals surface area contributed by atoms with Gasteiger partial charge >= 0.3 is 0 Å². The van der Waals surface area contributed by atoms with Crippen LogP contribution >= 0.6 is 0 Å². The van der Waals surface area contributed by atoms with Crippen molar-refractivity contribution in [2.45, 2.75) is 78.1 Å². The summed E-state index contributed by atoms with van der Waals surface area (Å²) in [5.41, 5.74) is 0. The molecule has 3 fully saturated rings. The molecule has 3 aliphatic rings. The minimum absolute atomic E-state index is 1.03. The first-order valence-corrected chi connectivity index (χ1v) is 8.81. The normalized spacial score (nSPS) is 49.0. The van der Waals surface area contributed by atoms with E-state index < -0.39 is 0 Å². The van der Waals surface area contributed by atoms with E-state index >= 15 is 0 Å². The van der Waals surface area contributed by atoms with Crippen LogP contribution in [0.5, 0.6) is 0 Å². The van der Waals surface area contributed by atoms with Gasteiger partial charge in [0, 0.05) is 0 Å². The summed E-state index contributed by atoms with van der Waals surface area (Å²) in [6, 6.07) is 0. The van der Waals surface area contributed by atoms with Crippen LogP contribution in [0.25, 0.3) is 0 Å². The molecule has 0 amide bonds. The molecule has 0 radical (unpaired) electrons. The molecular formula is C18H32. The van der Waals surface area contributed by atoms with Crippen molar-refractivity contribution >= 4 is 0 Å². The fourth-order valence-electron chi connectivity index (χ4n) is 6.04. The van der Waals surface area contributed by atoms with E-state index in [-0.39, 0.29) is 0 Å². The Balaban J connectivity index is 1.74. The Morgan fingerprint density at radius 2 is 1.50 bits per heavy atom. The average Bonchev–Trinajstić information content (AvgIpc) is 2.83. The van der Waals surface area contributed by atoms with Crippen LogP contribution in [0.1, 0.15) is 78.1 Å². The van der Waals surface area contributed by atoms with Gasteiger partial charge in [0.25, 0.3) is 0 Å². The zero-order valence-corrected chi connectivity index (χ0v) is 12.5. The maximum atomic E-state index is 2.54. The van der Waals surface area contributed by atoms with Crippen LogP contribution < -0.4 is 0 Å². The second-order valence-electron chi connectivity index (χ2n) is 7.59. The standard InChI is InChI=1S/C18H32/c1-3-15-17-9-5-4-8-14(17)11-12-18(15)16-10-6-7-13(16)2/h13-18H,3-12H2,1-2H3. The summed E-state index contributed by atoms with van der Waals surface area (Å²) >= 11 is 0. The van der Waals surface area contributed by atoms with Gasteiger partial charge in [-0.3, -0.25) is 0 Å². The maximum absolute atomic E-state index is 2.54. The molecule has 0 aromatic heterocycles. The second-order valence-corrected chi connectivity index (χ2v) is 7.59. The molecule has 6 unspecified atom stereocenters. The molecule has 0 heterocycles. The van der Waals surface area contributed by atoms with Crippen molar-refractivity contribution in [3.63, 3.8) is 0 Å². The number of hydrogen-bond acceptors (Lipinski definition) is 0. The van der Waals surface area contributed by atoms with Crippen LogP contribution in [-0.4, -0.2) is 0 Å². The predicted octanol–water partition coefficient (Wildman–Crippen LogP) is 5.67. The highest BCUT2D eigenvalue weighted by Gasteiger charge is 2.43. The van der Waals surface area contributed by atoms with Crippen molar-refractivity contribution in [3.05, 3.63) is 0 Å². The number of hydrogen-bond donors (Lipinski definition) is 0. The third kappa shape index (κ3) is 2.25. The molecule has 0 aromatic carbocycles. The Morgan fingerprint density at radius 1 is 0.722 bits per heavy atom. The summed E-state index contributed by atoms with van der Waals surface area (Å²) in [4.78, 5) is 0. The summed E-state index contributed by atoms with van der Waals surface area (Å²) in [5.74, 6) is 6.57. The van der Waals surface area contributed by atoms with Crippen molar-refractivity contribution < 1.29 is 0 Å². The topological polar surface area (TPSA) is 0 Å². The minimum atomic E-state index is 1.03. The van der Waals surface area contributed by atoms with E-state index in [1.807, 2.05) is 0 Å². The smallest absolute Gasteiger partial charge is 0.0352 e. The van der Waals surface area contributed by atoms with Gasteiger partial charge in [0.2, 0.25) is 0 Å². The lowest BCUT2D eigenvalue weighted by Gasteiger charge is -2.48. The molecule has 6 atom stereocenters. The molecule has 3 saturated carbocycles. The van der Waals surface area contributed by atoms with Gasteiger partial charge in [0.05, 0.1) is 0 Å². The maximum Gasteiger partial charge on any atom is -0.0352 e. The fourth-order valence-corrected chi connectivity index (χ4v) is 6.04. The SMILES string of the molecule is CCC1C2CCCCC2CCC1C1CCCC1C. The first kappa shape index (κ1) is 13.0. The van der Waals surface area contributed by atoms with E-state index in [9.17, 15) is 0 Å². The van der Waals surface area contributed by atoms with Crippen LogP contribution in [0.15, 0.2) is 0 Å². The molecule has 18 heavy (non-hydrogen) atoms. The summed E-state index contributed by atoms with van der Waals surface area (Å²) in [5, 5.41) is 0. The molecule has 0 heteroatoms. The highest BCUT2D eigenvalue weighted by atomic mass is 14.5. The zero-order chi connectivity index (χ0) is 12.5. The van der Waals surface area contributed by atoms with Crippen molar-refractivity contribution in [3.8, 4) is 0 Å². The van der Waals surface area contributed by atoms with Gasteiger partial charge in [-0.25, -0.2) is 0 Å². The first-order valence-electron chi connectivity index (χ1n) is 8.81. The Bertz CT molecular complexity index is 269. The Kier molecular flexibility index (Phi) is 4.01. The van der Waals surface area contributed by atoms with Gasteiger partial charge in [-0.15, -0.1) is 0 Å². The Hall–Kier alpha value is 0. The second kappa shape index (κ2) is 5.55. The zero-order valence-electron chi connectivity index (χ0n) is 12.5. The fraction of sp³-hybridized carbons (Fsp3) is 1.00. The molecule has 0 aromatic rings. The molecule has 0 saturated heterocycles. The van der Waals surface area contributed by atoms with Gasteiger partial charge in [-0.2, -0.15) is 0 Å². The van der Waals surface area contributed by atoms with Crippen molar-refractivity contribution in [2.75, 3.05) is 0 Å². The van der Waals surface area contributed by atoms with Crippen LogP contribution in [0.2, 0.25) is 0 Å². The molecule has 0 N–H and O–H groups in total. The van der Waals surface area contributed by atoms with Gasteiger partial charge in [0.15, 0.2) is 0 Å². The van der Waals surface area contributed by atoms with E-state index in [0.29, 0.717) is 0 Å². The lowest BCUT2D eigenvalue weighted by atomic mass is 9.57. The van der Waals surface area contributed by atoms with Gasteiger partial charge < -0.3 is 0 Å². The molecule has 0 bridgehead atoms. The van der Waals surface area contributed by atoms with E-state index in [0.717, 1.165) is 35.5 Å². The first-order chi connectivity index (χ1) is 8.81. The third-order valence-electron chi connectivity index (χ3n) is 6.89. The minimum Gasteiger partial charge on any atom is -0.0651 e. The van der Waals surface area contributed by atoms with Gasteiger partial charge in [-0.1, -0.05) is 52.4 Å². The summed E-state index contributed by atoms with van der Waals surface area (Å²) in [6.45, 7) is 5.02. The van der Waals surface area contributed by atoms with Crippen molar-refractivity contribution in [1.29, 1.82) is 0 Å². The van der Waals surface area contributed by atoms with Gasteiger partial charge in [-0.05, 0) is 61.2 Å². The van der Waals surface area contributed by atoms with Crippen LogP contribution in [-0.2, 0) is 0 Å². The van der Waals surface area contributed by atoms with Crippen molar-refractivity contribution in [2.24, 2.45) is 35.5 Å². The molecule has 3 aliphatic carbocycles. The van der Waals surface area contributed by atoms with E-state index in [2.05, 4.69) is 13.8 Å². The molecule has 0 spiro atoms. The molecule has 3 rings (SSSR count). The summed E-state index contributed by atoms with van der Waals surface area (Å²) in [6.07, 6.45) is 15.4. The van der Waals surface area contributed by atoms with E-state index in [4.69, 9.17) is 0 Å². The summed E-state index contributed by atoms with van der Waals surface area (Å²) < 4.78 is 0. The monoisotopic (exact) mass is 248 g/mol. The molecule has 0 aliphatic heterocycles. The van der Waals surface area contributed by atoms with Crippen LogP contribution in [0, 0.1) is 35.5 Å². The summed E-state index contributed by atoms with van der Waals surface area (Å²) in [7, 11) is 0. The number of fused-ring (bicyclic) bond motifs is 1. The van der Waals surface area contributed by atoms with Crippen LogP contribution in [0.4, 0.5) is 0 Å². The van der Waals surface area contributed by atoms with E-state index in [1.165, 1.54) is 32.1 Å². The highest BCUT2D eigenvalue weighted by Crippen LogP contribution is 2.53. The average molecular weight is 248 g/mol. The van der Waals surface area contributed by atoms with Crippen molar-refractivity contribution in [1.82, 2.24) is 0 Å².